The van der Waals surface area contributed by atoms with Crippen molar-refractivity contribution in [3.05, 3.63) is 69.2 Å². The monoisotopic (exact) mass is 429 g/mol. The Morgan fingerprint density at radius 1 is 1.14 bits per heavy atom. The highest BCUT2D eigenvalue weighted by molar-refractivity contribution is 7.87. The van der Waals surface area contributed by atoms with Crippen LogP contribution in [0.3, 0.4) is 0 Å². The fraction of sp³-hybridized carbons (Fsp3) is 0.333. The van der Waals surface area contributed by atoms with Gasteiger partial charge in [-0.25, -0.2) is 0 Å². The molecule has 152 valence electrons. The second-order valence-corrected chi connectivity index (χ2v) is 8.25. The lowest BCUT2D eigenvalue weighted by atomic mass is 10.1. The van der Waals surface area contributed by atoms with E-state index in [1.165, 1.54) is 19.2 Å². The Balaban J connectivity index is 2.29. The molecule has 0 saturated heterocycles. The Bertz CT molecular complexity index is 929. The fourth-order valence-electron chi connectivity index (χ4n) is 2.30. The topological polar surface area (TPSA) is 105 Å². The largest absolute Gasteiger partial charge is 0.354 e. The van der Waals surface area contributed by atoms with Crippen molar-refractivity contribution in [1.29, 1.82) is 0 Å². The van der Waals surface area contributed by atoms with Crippen LogP contribution >= 0.6 is 11.6 Å². The summed E-state index contributed by atoms with van der Waals surface area (Å²) in [6.07, 6.45) is -0.829. The number of ether oxygens (including phenoxy) is 2. The molecule has 1 unspecified atom stereocenters. The molecule has 0 bridgehead atoms. The molecule has 2 aromatic carbocycles. The first-order valence-electron chi connectivity index (χ1n) is 8.17. The number of para-hydroxylation sites is 1. The summed E-state index contributed by atoms with van der Waals surface area (Å²) in [6, 6.07) is 11.6. The lowest BCUT2D eigenvalue weighted by Crippen LogP contribution is -2.31. The first-order valence-corrected chi connectivity index (χ1v) is 9.95. The number of methoxy groups -OCH3 is 1. The van der Waals surface area contributed by atoms with Crippen LogP contribution in [0.5, 0.6) is 0 Å². The molecular formula is C18H20ClNO7S. The van der Waals surface area contributed by atoms with E-state index < -0.39 is 44.1 Å². The Hall–Kier alpha value is -2.04. The van der Waals surface area contributed by atoms with Crippen molar-refractivity contribution in [3.63, 3.8) is 0 Å². The van der Waals surface area contributed by atoms with Gasteiger partial charge in [-0.2, -0.15) is 8.42 Å². The lowest BCUT2D eigenvalue weighted by Gasteiger charge is -2.29. The normalized spacial score (nSPS) is 13.3. The van der Waals surface area contributed by atoms with Crippen LogP contribution in [0.2, 0.25) is 5.02 Å². The molecule has 0 heterocycles. The van der Waals surface area contributed by atoms with Gasteiger partial charge < -0.3 is 9.47 Å². The molecule has 2 aromatic rings. The van der Waals surface area contributed by atoms with Gasteiger partial charge in [0.05, 0.1) is 11.5 Å². The number of halogens is 1. The summed E-state index contributed by atoms with van der Waals surface area (Å²) < 4.78 is 41.3. The van der Waals surface area contributed by atoms with Crippen LogP contribution in [0, 0.1) is 10.1 Å². The van der Waals surface area contributed by atoms with Crippen molar-refractivity contribution >= 4 is 27.4 Å². The van der Waals surface area contributed by atoms with Crippen LogP contribution in [0.25, 0.3) is 0 Å². The first-order chi connectivity index (χ1) is 13.1. The molecule has 28 heavy (non-hydrogen) atoms. The predicted octanol–water partition coefficient (Wildman–Crippen LogP) is 4.09. The molecule has 0 saturated carbocycles. The number of hydrogen-bond acceptors (Lipinski definition) is 7. The zero-order valence-corrected chi connectivity index (χ0v) is 17.1. The molecule has 2 rings (SSSR count). The molecule has 1 atom stereocenters. The third-order valence-corrected chi connectivity index (χ3v) is 5.45. The molecule has 0 aliphatic heterocycles. The summed E-state index contributed by atoms with van der Waals surface area (Å²) in [4.78, 5) is 9.81. The summed E-state index contributed by atoms with van der Waals surface area (Å²) in [5.41, 5.74) is 0.0379. The van der Waals surface area contributed by atoms with Gasteiger partial charge in [0, 0.05) is 18.2 Å². The Kier molecular flexibility index (Phi) is 7.13. The van der Waals surface area contributed by atoms with Crippen molar-refractivity contribution in [3.8, 4) is 0 Å². The van der Waals surface area contributed by atoms with Crippen LogP contribution in [-0.4, -0.2) is 32.8 Å². The minimum Gasteiger partial charge on any atom is -0.354 e. The Labute approximate surface area is 168 Å². The maximum absolute atomic E-state index is 12.5. The van der Waals surface area contributed by atoms with E-state index >= 15 is 0 Å². The van der Waals surface area contributed by atoms with Gasteiger partial charge in [0.2, 0.25) is 0 Å². The van der Waals surface area contributed by atoms with Crippen LogP contribution in [-0.2, 0) is 23.8 Å². The summed E-state index contributed by atoms with van der Waals surface area (Å²) >= 11 is 5.90. The summed E-state index contributed by atoms with van der Waals surface area (Å²) in [5.74, 6) is -1.03. The third kappa shape index (κ3) is 5.73. The van der Waals surface area contributed by atoms with E-state index in [-0.39, 0.29) is 0 Å². The van der Waals surface area contributed by atoms with Crippen LogP contribution in [0.1, 0.15) is 25.5 Å². The molecule has 10 heteroatoms. The number of benzene rings is 2. The van der Waals surface area contributed by atoms with Crippen molar-refractivity contribution < 1.29 is 27.0 Å². The second-order valence-electron chi connectivity index (χ2n) is 6.23. The quantitative estimate of drug-likeness (QED) is 0.256. The highest BCUT2D eigenvalue weighted by atomic mass is 35.5. The summed E-state index contributed by atoms with van der Waals surface area (Å²) in [6.45, 7) is 2.90. The molecule has 0 N–H and O–H groups in total. The van der Waals surface area contributed by atoms with Gasteiger partial charge in [-0.3, -0.25) is 14.3 Å². The van der Waals surface area contributed by atoms with Crippen molar-refractivity contribution in [2.24, 2.45) is 0 Å². The summed E-state index contributed by atoms with van der Waals surface area (Å²) in [5, 5.41) is 11.6. The fourth-order valence-corrected chi connectivity index (χ4v) is 3.50. The van der Waals surface area contributed by atoms with E-state index in [1.807, 2.05) is 0 Å². The van der Waals surface area contributed by atoms with E-state index in [0.717, 1.165) is 12.1 Å². The standard InChI is InChI=1S/C18H20ClNO7S/c1-18(2,25-3)27-16(13-8-10-14(19)11-9-13)12-26-28(23,24)17-7-5-4-6-15(17)20(21)22/h4-11,16H,12H2,1-3H3. The molecule has 0 fully saturated rings. The average molecular weight is 430 g/mol. The van der Waals surface area contributed by atoms with Crippen molar-refractivity contribution in [1.82, 2.24) is 0 Å². The van der Waals surface area contributed by atoms with Crippen molar-refractivity contribution in [2.45, 2.75) is 30.6 Å². The van der Waals surface area contributed by atoms with E-state index in [4.69, 9.17) is 25.3 Å². The first kappa shape index (κ1) is 22.3. The molecule has 0 spiro atoms. The van der Waals surface area contributed by atoms with Crippen LogP contribution < -0.4 is 0 Å². The molecular weight excluding hydrogens is 410 g/mol. The Morgan fingerprint density at radius 3 is 2.32 bits per heavy atom. The third-order valence-electron chi connectivity index (χ3n) is 3.87. The SMILES string of the molecule is COC(C)(C)OC(COS(=O)(=O)c1ccccc1[N+](=O)[O-])c1ccc(Cl)cc1. The number of hydrogen-bond donors (Lipinski definition) is 0. The van der Waals surface area contributed by atoms with Crippen LogP contribution in [0.4, 0.5) is 5.69 Å². The number of nitro benzene ring substituents is 1. The predicted molar refractivity (Wildman–Crippen MR) is 103 cm³/mol. The zero-order valence-electron chi connectivity index (χ0n) is 15.5. The van der Waals surface area contributed by atoms with Crippen molar-refractivity contribution in [2.75, 3.05) is 13.7 Å². The molecule has 0 aliphatic rings. The lowest BCUT2D eigenvalue weighted by molar-refractivity contribution is -0.387. The van der Waals surface area contributed by atoms with Gasteiger partial charge in [0.15, 0.2) is 10.7 Å². The second kappa shape index (κ2) is 8.97. The van der Waals surface area contributed by atoms with Gasteiger partial charge in [-0.15, -0.1) is 0 Å². The van der Waals surface area contributed by atoms with E-state index in [9.17, 15) is 18.5 Å². The molecule has 0 aliphatic carbocycles. The number of rotatable bonds is 9. The van der Waals surface area contributed by atoms with Gasteiger partial charge in [0.25, 0.3) is 5.69 Å². The molecule has 0 amide bonds. The average Bonchev–Trinajstić information content (AvgIpc) is 2.66. The highest BCUT2D eigenvalue weighted by Crippen LogP contribution is 2.29. The van der Waals surface area contributed by atoms with Gasteiger partial charge in [-0.05, 0) is 37.6 Å². The van der Waals surface area contributed by atoms with E-state index in [2.05, 4.69) is 0 Å². The smallest absolute Gasteiger partial charge is 0.303 e. The molecule has 8 nitrogen and oxygen atoms in total. The minimum atomic E-state index is -4.40. The molecule has 0 radical (unpaired) electrons. The summed E-state index contributed by atoms with van der Waals surface area (Å²) in [7, 11) is -2.95. The molecule has 0 aromatic heterocycles. The maximum atomic E-state index is 12.5. The highest BCUT2D eigenvalue weighted by Gasteiger charge is 2.30. The van der Waals surface area contributed by atoms with Gasteiger partial charge in [0.1, 0.15) is 6.10 Å². The zero-order chi connectivity index (χ0) is 20.9. The van der Waals surface area contributed by atoms with Crippen LogP contribution in [0.15, 0.2) is 53.4 Å². The van der Waals surface area contributed by atoms with Gasteiger partial charge >= 0.3 is 10.1 Å². The number of nitro groups is 1. The maximum Gasteiger partial charge on any atom is 0.303 e. The van der Waals surface area contributed by atoms with Gasteiger partial charge in [-0.1, -0.05) is 35.9 Å². The van der Waals surface area contributed by atoms with E-state index in [1.54, 1.807) is 38.1 Å². The minimum absolute atomic E-state index is 0.414. The number of nitrogens with zero attached hydrogens (tertiary/aromatic N) is 1. The Morgan fingerprint density at radius 2 is 1.75 bits per heavy atom. The van der Waals surface area contributed by atoms with E-state index in [0.29, 0.717) is 10.6 Å².